The van der Waals surface area contributed by atoms with Crippen molar-refractivity contribution in [3.63, 3.8) is 0 Å². The van der Waals surface area contributed by atoms with Gasteiger partial charge in [-0.2, -0.15) is 23.5 Å². The first kappa shape index (κ1) is 16.9. The van der Waals surface area contributed by atoms with E-state index in [2.05, 4.69) is 98.2 Å². The summed E-state index contributed by atoms with van der Waals surface area (Å²) in [5.74, 6) is 0. The third kappa shape index (κ3) is 4.73. The molecule has 3 heteroatoms. The maximum absolute atomic E-state index is 2.49. The standard InChI is InChI=1S/C16H26S2Si/c1-17-16(18-2,19(3,4)5)14-10-9-13-15-11-7-6-8-12-15/h6-9,11-13H,10,14H2,1-5H3/b13-9+. The molecule has 1 aromatic carbocycles. The van der Waals surface area contributed by atoms with Gasteiger partial charge in [-0.3, -0.25) is 0 Å². The molecular formula is C16H26S2Si. The summed E-state index contributed by atoms with van der Waals surface area (Å²) in [5.41, 5.74) is 1.30. The molecule has 0 N–H and O–H groups in total. The van der Waals surface area contributed by atoms with Gasteiger partial charge in [0.1, 0.15) is 0 Å². The molecule has 0 aliphatic heterocycles. The number of benzene rings is 1. The normalized spacial score (nSPS) is 13.1. The van der Waals surface area contributed by atoms with Gasteiger partial charge in [-0.15, -0.1) is 0 Å². The van der Waals surface area contributed by atoms with Crippen LogP contribution in [0.25, 0.3) is 6.08 Å². The van der Waals surface area contributed by atoms with Crippen molar-refractivity contribution < 1.29 is 0 Å². The summed E-state index contributed by atoms with van der Waals surface area (Å²) >= 11 is 4.12. The number of allylic oxidation sites excluding steroid dienone is 1. The Balaban J connectivity index is 2.61. The molecule has 0 aliphatic rings. The lowest BCUT2D eigenvalue weighted by Gasteiger charge is -2.41. The Morgan fingerprint density at radius 1 is 1.05 bits per heavy atom. The van der Waals surface area contributed by atoms with Gasteiger partial charge in [0.15, 0.2) is 0 Å². The Hall–Kier alpha value is -0.123. The Morgan fingerprint density at radius 2 is 1.63 bits per heavy atom. The van der Waals surface area contributed by atoms with Gasteiger partial charge in [-0.05, 0) is 30.9 Å². The molecule has 0 aromatic heterocycles. The number of hydrogen-bond acceptors (Lipinski definition) is 2. The minimum Gasteiger partial charge on any atom is -0.151 e. The van der Waals surface area contributed by atoms with E-state index in [9.17, 15) is 0 Å². The van der Waals surface area contributed by atoms with Crippen molar-refractivity contribution in [2.75, 3.05) is 12.5 Å². The number of hydrogen-bond donors (Lipinski definition) is 0. The average Bonchev–Trinajstić information content (AvgIpc) is 2.39. The monoisotopic (exact) mass is 310 g/mol. The van der Waals surface area contributed by atoms with Gasteiger partial charge >= 0.3 is 0 Å². The van der Waals surface area contributed by atoms with E-state index in [4.69, 9.17) is 0 Å². The zero-order chi connectivity index (χ0) is 14.4. The second-order valence-corrected chi connectivity index (χ2v) is 14.3. The SMILES string of the molecule is CSC(CC/C=C/c1ccccc1)(SC)[Si](C)(C)C. The molecule has 0 aliphatic carbocycles. The Morgan fingerprint density at radius 3 is 2.11 bits per heavy atom. The topological polar surface area (TPSA) is 0 Å². The van der Waals surface area contributed by atoms with Gasteiger partial charge in [0, 0.05) is 0 Å². The first-order valence-electron chi connectivity index (χ1n) is 6.77. The molecule has 0 spiro atoms. The van der Waals surface area contributed by atoms with Crippen LogP contribution in [0.2, 0.25) is 19.6 Å². The Labute approximate surface area is 128 Å². The molecule has 19 heavy (non-hydrogen) atoms. The molecule has 0 saturated carbocycles. The summed E-state index contributed by atoms with van der Waals surface area (Å²) in [7, 11) is -1.17. The lowest BCUT2D eigenvalue weighted by molar-refractivity contribution is 0.873. The van der Waals surface area contributed by atoms with Crippen LogP contribution < -0.4 is 0 Å². The van der Waals surface area contributed by atoms with E-state index in [1.807, 2.05) is 0 Å². The molecule has 0 unspecified atom stereocenters. The summed E-state index contributed by atoms with van der Waals surface area (Å²) in [6, 6.07) is 10.6. The van der Waals surface area contributed by atoms with Crippen molar-refractivity contribution in [1.29, 1.82) is 0 Å². The van der Waals surface area contributed by atoms with Gasteiger partial charge in [-0.25, -0.2) is 0 Å². The fraction of sp³-hybridized carbons (Fsp3) is 0.500. The minimum atomic E-state index is -1.17. The Kier molecular flexibility index (Phi) is 6.78. The molecule has 0 bridgehead atoms. The van der Waals surface area contributed by atoms with Crippen molar-refractivity contribution >= 4 is 37.7 Å². The van der Waals surface area contributed by atoms with Crippen molar-refractivity contribution in [1.82, 2.24) is 0 Å². The predicted octanol–water partition coefficient (Wildman–Crippen LogP) is 5.78. The molecule has 106 valence electrons. The molecule has 1 rings (SSSR count). The molecule has 0 radical (unpaired) electrons. The highest BCUT2D eigenvalue weighted by molar-refractivity contribution is 8.20. The van der Waals surface area contributed by atoms with Crippen LogP contribution in [0.3, 0.4) is 0 Å². The molecular weight excluding hydrogens is 284 g/mol. The highest BCUT2D eigenvalue weighted by Gasteiger charge is 2.41. The first-order valence-corrected chi connectivity index (χ1v) is 12.7. The van der Waals surface area contributed by atoms with E-state index in [0.29, 0.717) is 3.70 Å². The zero-order valence-electron chi connectivity index (χ0n) is 12.8. The highest BCUT2D eigenvalue weighted by Crippen LogP contribution is 2.45. The van der Waals surface area contributed by atoms with Crippen LogP contribution in [0.4, 0.5) is 0 Å². The minimum absolute atomic E-state index is 0.439. The number of thioether (sulfide) groups is 2. The van der Waals surface area contributed by atoms with Crippen LogP contribution in [0.5, 0.6) is 0 Å². The van der Waals surface area contributed by atoms with Crippen molar-refractivity contribution in [3.05, 3.63) is 42.0 Å². The molecule has 1 aromatic rings. The molecule has 0 amide bonds. The van der Waals surface area contributed by atoms with E-state index in [0.717, 1.165) is 0 Å². The van der Waals surface area contributed by atoms with Crippen LogP contribution in [0, 0.1) is 0 Å². The molecule has 0 heterocycles. The maximum Gasteiger partial charge on any atom is 0.0751 e. The van der Waals surface area contributed by atoms with Crippen molar-refractivity contribution in [2.24, 2.45) is 0 Å². The van der Waals surface area contributed by atoms with Gasteiger partial charge in [-0.1, -0.05) is 62.1 Å². The Bertz CT molecular complexity index is 389. The van der Waals surface area contributed by atoms with E-state index in [1.165, 1.54) is 18.4 Å². The van der Waals surface area contributed by atoms with E-state index in [1.54, 1.807) is 0 Å². The lowest BCUT2D eigenvalue weighted by atomic mass is 10.2. The summed E-state index contributed by atoms with van der Waals surface area (Å²) in [6.07, 6.45) is 11.6. The number of rotatable bonds is 7. The van der Waals surface area contributed by atoms with E-state index >= 15 is 0 Å². The van der Waals surface area contributed by atoms with E-state index in [-0.39, 0.29) is 0 Å². The van der Waals surface area contributed by atoms with Gasteiger partial charge < -0.3 is 0 Å². The molecule has 0 saturated heterocycles. The second kappa shape index (κ2) is 7.60. The summed E-state index contributed by atoms with van der Waals surface area (Å²) in [5, 5.41) is 0. The predicted molar refractivity (Wildman–Crippen MR) is 97.8 cm³/mol. The van der Waals surface area contributed by atoms with Crippen LogP contribution >= 0.6 is 23.5 Å². The quantitative estimate of drug-likeness (QED) is 0.462. The molecule has 0 nitrogen and oxygen atoms in total. The van der Waals surface area contributed by atoms with Crippen molar-refractivity contribution in [3.8, 4) is 0 Å². The maximum atomic E-state index is 2.49. The molecule has 0 fully saturated rings. The average molecular weight is 311 g/mol. The zero-order valence-corrected chi connectivity index (χ0v) is 15.4. The van der Waals surface area contributed by atoms with Crippen LogP contribution in [0.1, 0.15) is 18.4 Å². The molecule has 0 atom stereocenters. The van der Waals surface area contributed by atoms with Gasteiger partial charge in [0.25, 0.3) is 0 Å². The summed E-state index contributed by atoms with van der Waals surface area (Å²) in [6.45, 7) is 7.46. The van der Waals surface area contributed by atoms with Crippen LogP contribution in [0.15, 0.2) is 36.4 Å². The largest absolute Gasteiger partial charge is 0.151 e. The van der Waals surface area contributed by atoms with Crippen LogP contribution in [-0.4, -0.2) is 24.3 Å². The second-order valence-electron chi connectivity index (χ2n) is 5.76. The van der Waals surface area contributed by atoms with Crippen molar-refractivity contribution in [2.45, 2.75) is 36.2 Å². The fourth-order valence-electron chi connectivity index (χ4n) is 2.33. The third-order valence-corrected chi connectivity index (χ3v) is 13.7. The summed E-state index contributed by atoms with van der Waals surface area (Å²) in [4.78, 5) is 0. The van der Waals surface area contributed by atoms with Crippen LogP contribution in [-0.2, 0) is 0 Å². The third-order valence-electron chi connectivity index (χ3n) is 3.55. The van der Waals surface area contributed by atoms with E-state index < -0.39 is 8.07 Å². The summed E-state index contributed by atoms with van der Waals surface area (Å²) < 4.78 is 0.439. The fourth-order valence-corrected chi connectivity index (χ4v) is 9.44. The smallest absolute Gasteiger partial charge is 0.0751 e. The van der Waals surface area contributed by atoms with Gasteiger partial charge in [0.2, 0.25) is 0 Å². The van der Waals surface area contributed by atoms with Gasteiger partial charge in [0.05, 0.1) is 11.8 Å². The lowest BCUT2D eigenvalue weighted by Crippen LogP contribution is -2.46. The highest BCUT2D eigenvalue weighted by atomic mass is 32.2. The first-order chi connectivity index (χ1) is 8.95.